The number of carbonyl (C=O) groups is 1. The van der Waals surface area contributed by atoms with Crippen molar-refractivity contribution < 1.29 is 9.90 Å². The van der Waals surface area contributed by atoms with Crippen molar-refractivity contribution in [3.8, 4) is 0 Å². The zero-order valence-corrected chi connectivity index (χ0v) is 11.7. The number of pyridine rings is 1. The number of hydrogen-bond donors (Lipinski definition) is 2. The summed E-state index contributed by atoms with van der Waals surface area (Å²) in [6, 6.07) is 8.34. The Kier molecular flexibility index (Phi) is 4.93. The number of nitrogens with zero attached hydrogens (tertiary/aromatic N) is 1. The first-order valence-electron chi connectivity index (χ1n) is 6.98. The van der Waals surface area contributed by atoms with Crippen LogP contribution in [0.4, 0.5) is 5.82 Å². The molecule has 2 N–H and O–H groups in total. The number of carboxylic acid groups (broad SMARTS) is 1. The van der Waals surface area contributed by atoms with Crippen LogP contribution in [-0.4, -0.2) is 22.6 Å². The lowest BCUT2D eigenvalue weighted by atomic mass is 10.1. The number of aromatic nitrogens is 1. The number of nitrogens with one attached hydrogen (secondary N) is 1. The molecule has 106 valence electrons. The molecule has 4 nitrogen and oxygen atoms in total. The molecule has 0 unspecified atom stereocenters. The molecule has 0 amide bonds. The van der Waals surface area contributed by atoms with Crippen molar-refractivity contribution in [1.82, 2.24) is 4.98 Å². The van der Waals surface area contributed by atoms with E-state index in [4.69, 9.17) is 5.11 Å². The lowest BCUT2D eigenvalue weighted by Gasteiger charge is -2.09. The van der Waals surface area contributed by atoms with Crippen LogP contribution in [0.3, 0.4) is 0 Å². The molecular weight excluding hydrogens is 252 g/mol. The first-order valence-corrected chi connectivity index (χ1v) is 6.98. The average molecular weight is 272 g/mol. The Bertz CT molecular complexity index is 596. The van der Waals surface area contributed by atoms with E-state index in [1.807, 2.05) is 12.3 Å². The van der Waals surface area contributed by atoms with Crippen LogP contribution in [0.5, 0.6) is 0 Å². The van der Waals surface area contributed by atoms with Crippen LogP contribution in [0.25, 0.3) is 10.8 Å². The van der Waals surface area contributed by atoms with Crippen LogP contribution in [0.1, 0.15) is 31.2 Å². The van der Waals surface area contributed by atoms with Gasteiger partial charge in [0.2, 0.25) is 0 Å². The Balaban J connectivity index is 1.88. The van der Waals surface area contributed by atoms with Crippen molar-refractivity contribution in [2.24, 2.45) is 0 Å². The minimum atomic E-state index is -0.718. The lowest BCUT2D eigenvalue weighted by Crippen LogP contribution is -2.04. The van der Waals surface area contributed by atoms with E-state index >= 15 is 0 Å². The molecular formula is C16H20N2O2. The van der Waals surface area contributed by atoms with Gasteiger partial charge in [-0.25, -0.2) is 4.98 Å². The third-order valence-electron chi connectivity index (χ3n) is 3.28. The number of carboxylic acids is 1. The van der Waals surface area contributed by atoms with E-state index < -0.39 is 5.97 Å². The summed E-state index contributed by atoms with van der Waals surface area (Å²) in [5.41, 5.74) is 1.24. The fourth-order valence-electron chi connectivity index (χ4n) is 2.22. The molecule has 4 heteroatoms. The number of anilines is 1. The number of aliphatic carboxylic acids is 1. The Morgan fingerprint density at radius 1 is 1.25 bits per heavy atom. The maximum Gasteiger partial charge on any atom is 0.303 e. The first-order chi connectivity index (χ1) is 9.66. The second-order valence-electron chi connectivity index (χ2n) is 5.02. The van der Waals surface area contributed by atoms with Gasteiger partial charge in [-0.2, -0.15) is 0 Å². The van der Waals surface area contributed by atoms with Crippen LogP contribution in [0.15, 0.2) is 30.5 Å². The standard InChI is InChI=1S/C16H20N2O2/c1-12-6-7-14-13(11-12)8-10-18-16(14)17-9-4-2-3-5-15(19)20/h6-8,10-11H,2-5,9H2,1H3,(H,17,18)(H,19,20). The van der Waals surface area contributed by atoms with Gasteiger partial charge in [-0.1, -0.05) is 30.2 Å². The number of hydrogen-bond acceptors (Lipinski definition) is 3. The van der Waals surface area contributed by atoms with E-state index in [0.29, 0.717) is 0 Å². The van der Waals surface area contributed by atoms with E-state index in [1.165, 1.54) is 10.9 Å². The molecule has 0 fully saturated rings. The van der Waals surface area contributed by atoms with Gasteiger partial charge in [0.25, 0.3) is 0 Å². The van der Waals surface area contributed by atoms with Crippen molar-refractivity contribution in [3.05, 3.63) is 36.0 Å². The smallest absolute Gasteiger partial charge is 0.303 e. The van der Waals surface area contributed by atoms with E-state index in [-0.39, 0.29) is 6.42 Å². The van der Waals surface area contributed by atoms with Crippen LogP contribution in [-0.2, 0) is 4.79 Å². The van der Waals surface area contributed by atoms with Gasteiger partial charge in [-0.05, 0) is 31.2 Å². The molecule has 0 aliphatic rings. The van der Waals surface area contributed by atoms with Crippen LogP contribution >= 0.6 is 0 Å². The number of fused-ring (bicyclic) bond motifs is 1. The Morgan fingerprint density at radius 2 is 2.10 bits per heavy atom. The summed E-state index contributed by atoms with van der Waals surface area (Å²) in [5.74, 6) is 0.185. The van der Waals surface area contributed by atoms with Crippen molar-refractivity contribution in [2.45, 2.75) is 32.6 Å². The summed E-state index contributed by atoms with van der Waals surface area (Å²) < 4.78 is 0. The molecule has 0 saturated heterocycles. The zero-order chi connectivity index (χ0) is 14.4. The topological polar surface area (TPSA) is 62.2 Å². The average Bonchev–Trinajstić information content (AvgIpc) is 2.42. The van der Waals surface area contributed by atoms with E-state index in [9.17, 15) is 4.79 Å². The largest absolute Gasteiger partial charge is 0.481 e. The van der Waals surface area contributed by atoms with Gasteiger partial charge in [-0.3, -0.25) is 4.79 Å². The minimum absolute atomic E-state index is 0.256. The van der Waals surface area contributed by atoms with Crippen molar-refractivity contribution in [2.75, 3.05) is 11.9 Å². The van der Waals surface area contributed by atoms with Gasteiger partial charge in [0.05, 0.1) is 0 Å². The summed E-state index contributed by atoms with van der Waals surface area (Å²) in [7, 11) is 0. The van der Waals surface area contributed by atoms with Crippen LogP contribution in [0.2, 0.25) is 0 Å². The van der Waals surface area contributed by atoms with E-state index in [0.717, 1.165) is 37.0 Å². The molecule has 0 aliphatic carbocycles. The molecule has 1 aromatic heterocycles. The van der Waals surface area contributed by atoms with Crippen LogP contribution < -0.4 is 5.32 Å². The Labute approximate surface area is 118 Å². The second-order valence-corrected chi connectivity index (χ2v) is 5.02. The molecule has 0 bridgehead atoms. The molecule has 1 heterocycles. The Morgan fingerprint density at radius 3 is 2.90 bits per heavy atom. The number of unbranched alkanes of at least 4 members (excludes halogenated alkanes) is 2. The highest BCUT2D eigenvalue weighted by atomic mass is 16.4. The molecule has 20 heavy (non-hydrogen) atoms. The highest BCUT2D eigenvalue weighted by molar-refractivity contribution is 5.92. The first kappa shape index (κ1) is 14.3. The summed E-state index contributed by atoms with van der Waals surface area (Å²) in [4.78, 5) is 14.8. The predicted octanol–water partition coefficient (Wildman–Crippen LogP) is 3.60. The van der Waals surface area contributed by atoms with Gasteiger partial charge in [0.15, 0.2) is 0 Å². The molecule has 0 spiro atoms. The highest BCUT2D eigenvalue weighted by Crippen LogP contribution is 2.22. The number of aryl methyl sites for hydroxylation is 1. The van der Waals surface area contributed by atoms with E-state index in [2.05, 4.69) is 35.4 Å². The second kappa shape index (κ2) is 6.89. The fourth-order valence-corrected chi connectivity index (χ4v) is 2.22. The summed E-state index contributed by atoms with van der Waals surface area (Å²) in [6.45, 7) is 2.90. The van der Waals surface area contributed by atoms with Crippen molar-refractivity contribution >= 4 is 22.6 Å². The normalized spacial score (nSPS) is 10.7. The van der Waals surface area contributed by atoms with E-state index in [1.54, 1.807) is 0 Å². The molecule has 0 saturated carbocycles. The summed E-state index contributed by atoms with van der Waals surface area (Å²) >= 11 is 0. The molecule has 1 aromatic carbocycles. The van der Waals surface area contributed by atoms with Gasteiger partial charge >= 0.3 is 5.97 Å². The quantitative estimate of drug-likeness (QED) is 0.756. The van der Waals surface area contributed by atoms with Crippen molar-refractivity contribution in [3.63, 3.8) is 0 Å². The van der Waals surface area contributed by atoms with Gasteiger partial charge in [0, 0.05) is 24.5 Å². The molecule has 2 aromatic rings. The van der Waals surface area contributed by atoms with Gasteiger partial charge in [-0.15, -0.1) is 0 Å². The predicted molar refractivity (Wildman–Crippen MR) is 81.1 cm³/mol. The van der Waals surface area contributed by atoms with Gasteiger partial charge in [0.1, 0.15) is 5.82 Å². The molecule has 0 radical (unpaired) electrons. The minimum Gasteiger partial charge on any atom is -0.481 e. The highest BCUT2D eigenvalue weighted by Gasteiger charge is 2.02. The number of benzene rings is 1. The van der Waals surface area contributed by atoms with Crippen molar-refractivity contribution in [1.29, 1.82) is 0 Å². The van der Waals surface area contributed by atoms with Crippen LogP contribution in [0, 0.1) is 6.92 Å². The lowest BCUT2D eigenvalue weighted by molar-refractivity contribution is -0.137. The molecule has 2 rings (SSSR count). The summed E-state index contributed by atoms with van der Waals surface area (Å²) in [5, 5.41) is 14.2. The maximum atomic E-state index is 10.4. The molecule has 0 atom stereocenters. The summed E-state index contributed by atoms with van der Waals surface area (Å²) in [6.07, 6.45) is 4.68. The fraction of sp³-hybridized carbons (Fsp3) is 0.375. The third kappa shape index (κ3) is 3.95. The zero-order valence-electron chi connectivity index (χ0n) is 11.7. The molecule has 0 aliphatic heterocycles. The number of rotatable bonds is 7. The Hall–Kier alpha value is -2.10. The maximum absolute atomic E-state index is 10.4. The third-order valence-corrected chi connectivity index (χ3v) is 3.28. The monoisotopic (exact) mass is 272 g/mol. The SMILES string of the molecule is Cc1ccc2c(NCCCCCC(=O)O)nccc2c1. The van der Waals surface area contributed by atoms with Gasteiger partial charge < -0.3 is 10.4 Å².